The van der Waals surface area contributed by atoms with Gasteiger partial charge >= 0.3 is 5.97 Å². The van der Waals surface area contributed by atoms with E-state index in [1.807, 2.05) is 13.0 Å². The van der Waals surface area contributed by atoms with Gasteiger partial charge in [-0.15, -0.1) is 0 Å². The molecule has 0 saturated heterocycles. The van der Waals surface area contributed by atoms with E-state index >= 15 is 0 Å². The first-order valence-electron chi connectivity index (χ1n) is 9.79. The van der Waals surface area contributed by atoms with E-state index in [1.165, 1.54) is 48.4 Å². The van der Waals surface area contributed by atoms with Gasteiger partial charge < -0.3 is 5.11 Å². The molecule has 2 nitrogen and oxygen atoms in total. The van der Waals surface area contributed by atoms with Gasteiger partial charge in [-0.3, -0.25) is 0 Å². The molecule has 140 valence electrons. The number of aliphatic carboxylic acids is 1. The highest BCUT2D eigenvalue weighted by molar-refractivity contribution is 5.81. The Morgan fingerprint density at radius 1 is 1.04 bits per heavy atom. The van der Waals surface area contributed by atoms with Gasteiger partial charge in [0, 0.05) is 6.08 Å². The van der Waals surface area contributed by atoms with E-state index in [0.717, 1.165) is 12.0 Å². The van der Waals surface area contributed by atoms with E-state index in [1.54, 1.807) is 0 Å². The van der Waals surface area contributed by atoms with Crippen LogP contribution in [0, 0.1) is 0 Å². The van der Waals surface area contributed by atoms with Crippen molar-refractivity contribution >= 4 is 5.97 Å². The van der Waals surface area contributed by atoms with Crippen molar-refractivity contribution in [1.82, 2.24) is 0 Å². The van der Waals surface area contributed by atoms with Crippen LogP contribution in [0.3, 0.4) is 0 Å². The van der Waals surface area contributed by atoms with Crippen molar-refractivity contribution in [3.63, 3.8) is 0 Å². The molecule has 0 radical (unpaired) electrons. The summed E-state index contributed by atoms with van der Waals surface area (Å²) in [6.45, 7) is 11.3. The van der Waals surface area contributed by atoms with Gasteiger partial charge in [-0.2, -0.15) is 0 Å². The average molecular weight is 353 g/mol. The summed E-state index contributed by atoms with van der Waals surface area (Å²) in [6.07, 6.45) is 11.3. The van der Waals surface area contributed by atoms with Crippen LogP contribution in [0.1, 0.15) is 83.4 Å². The van der Waals surface area contributed by atoms with Crippen LogP contribution < -0.4 is 0 Å². The number of carboxylic acids is 1. The summed E-state index contributed by atoms with van der Waals surface area (Å²) >= 11 is 0. The van der Waals surface area contributed by atoms with Crippen LogP contribution in [0.25, 0.3) is 0 Å². The molecule has 1 aromatic carbocycles. The summed E-state index contributed by atoms with van der Waals surface area (Å²) in [5, 5.41) is 8.83. The molecule has 0 heterocycles. The lowest BCUT2D eigenvalue weighted by Gasteiger charge is -2.42. The first-order valence-corrected chi connectivity index (χ1v) is 9.79. The summed E-state index contributed by atoms with van der Waals surface area (Å²) in [5.74, 6) is -0.882. The minimum absolute atomic E-state index is 0.244. The smallest absolute Gasteiger partial charge is 0.328 e. The third-order valence-corrected chi connectivity index (χ3v) is 6.56. The molecule has 1 fully saturated rings. The van der Waals surface area contributed by atoms with E-state index in [4.69, 9.17) is 5.11 Å². The highest BCUT2D eigenvalue weighted by atomic mass is 16.4. The van der Waals surface area contributed by atoms with Crippen molar-refractivity contribution in [2.45, 2.75) is 83.0 Å². The molecule has 1 saturated carbocycles. The molecule has 1 aromatic rings. The summed E-state index contributed by atoms with van der Waals surface area (Å²) in [6, 6.07) is 7.21. The maximum Gasteiger partial charge on any atom is 0.328 e. The fourth-order valence-electron chi connectivity index (χ4n) is 4.39. The quantitative estimate of drug-likeness (QED) is 0.518. The molecule has 2 heteroatoms. The summed E-state index contributed by atoms with van der Waals surface area (Å²) in [5.41, 5.74) is 6.07. The van der Waals surface area contributed by atoms with Gasteiger partial charge in [0.05, 0.1) is 0 Å². The Hall–Kier alpha value is -1.83. The Morgan fingerprint density at radius 2 is 1.65 bits per heavy atom. The Kier molecular flexibility index (Phi) is 4.67. The van der Waals surface area contributed by atoms with Gasteiger partial charge in [0.25, 0.3) is 0 Å². The van der Waals surface area contributed by atoms with Crippen molar-refractivity contribution in [3.8, 4) is 0 Å². The van der Waals surface area contributed by atoms with E-state index < -0.39 is 5.97 Å². The van der Waals surface area contributed by atoms with Crippen molar-refractivity contribution in [2.75, 3.05) is 0 Å². The number of carbonyl (C=O) groups is 1. The number of benzene rings is 1. The predicted octanol–water partition coefficient (Wildman–Crippen LogP) is 6.04. The molecule has 26 heavy (non-hydrogen) atoms. The number of hydrogen-bond donors (Lipinski definition) is 1. The van der Waals surface area contributed by atoms with Crippen molar-refractivity contribution in [2.24, 2.45) is 0 Å². The summed E-state index contributed by atoms with van der Waals surface area (Å²) < 4.78 is 0. The highest BCUT2D eigenvalue weighted by Crippen LogP contribution is 2.54. The Bertz CT molecular complexity index is 773. The lowest BCUT2D eigenvalue weighted by molar-refractivity contribution is -0.131. The lowest BCUT2D eigenvalue weighted by Crippen LogP contribution is -2.34. The third-order valence-electron chi connectivity index (χ3n) is 6.56. The van der Waals surface area contributed by atoms with Gasteiger partial charge in [0.1, 0.15) is 0 Å². The first kappa shape index (κ1) is 18.9. The van der Waals surface area contributed by atoms with Crippen LogP contribution in [0.2, 0.25) is 0 Å². The van der Waals surface area contributed by atoms with Crippen LogP contribution in [0.15, 0.2) is 42.0 Å². The maximum atomic E-state index is 10.7. The number of hydrogen-bond acceptors (Lipinski definition) is 1. The molecule has 2 aliphatic carbocycles. The molecule has 0 atom stereocenters. The van der Waals surface area contributed by atoms with Crippen LogP contribution in [-0.2, 0) is 21.0 Å². The van der Waals surface area contributed by atoms with E-state index in [9.17, 15) is 4.79 Å². The second-order valence-electron chi connectivity index (χ2n) is 9.64. The highest BCUT2D eigenvalue weighted by Gasteiger charge is 2.45. The largest absolute Gasteiger partial charge is 0.478 e. The molecule has 1 N–H and O–H groups in total. The Labute approximate surface area is 158 Å². The fourth-order valence-corrected chi connectivity index (χ4v) is 4.39. The van der Waals surface area contributed by atoms with Crippen LogP contribution >= 0.6 is 0 Å². The van der Waals surface area contributed by atoms with Crippen LogP contribution in [0.4, 0.5) is 0 Å². The summed E-state index contributed by atoms with van der Waals surface area (Å²) in [4.78, 5) is 10.7. The van der Waals surface area contributed by atoms with Crippen molar-refractivity contribution in [1.29, 1.82) is 0 Å². The van der Waals surface area contributed by atoms with Crippen molar-refractivity contribution < 1.29 is 9.90 Å². The minimum atomic E-state index is -0.882. The number of fused-ring (bicyclic) bond motifs is 1. The molecular formula is C24H32O2. The van der Waals surface area contributed by atoms with Gasteiger partial charge in [0.2, 0.25) is 0 Å². The molecule has 0 spiro atoms. The zero-order valence-corrected chi connectivity index (χ0v) is 16.9. The molecular weight excluding hydrogens is 320 g/mol. The lowest BCUT2D eigenvalue weighted by atomic mass is 9.62. The first-order chi connectivity index (χ1) is 12.1. The van der Waals surface area contributed by atoms with Gasteiger partial charge in [-0.1, -0.05) is 58.0 Å². The molecule has 0 aromatic heterocycles. The number of allylic oxidation sites excluding steroid dienone is 3. The maximum absolute atomic E-state index is 10.7. The van der Waals surface area contributed by atoms with Gasteiger partial charge in [0.15, 0.2) is 0 Å². The molecule has 0 unspecified atom stereocenters. The average Bonchev–Trinajstić information content (AvgIpc) is 3.32. The number of carboxylic acid groups (broad SMARTS) is 1. The Balaban J connectivity index is 1.86. The normalized spacial score (nSPS) is 22.9. The topological polar surface area (TPSA) is 37.3 Å². The van der Waals surface area contributed by atoms with Crippen LogP contribution in [0.5, 0.6) is 0 Å². The standard InChI is InChI=1S/C24H32O2/c1-17(15-21(25)26)7-6-10-24(13-14-24)18-8-9-19-20(16-18)23(4,5)12-11-22(19,2)3/h6-9,15-16H,10-14H2,1-5H3,(H,25,26). The van der Waals surface area contributed by atoms with E-state index in [0.29, 0.717) is 0 Å². The summed E-state index contributed by atoms with van der Waals surface area (Å²) in [7, 11) is 0. The second kappa shape index (κ2) is 6.40. The molecule has 0 amide bonds. The third kappa shape index (κ3) is 3.65. The van der Waals surface area contributed by atoms with E-state index in [2.05, 4.69) is 52.0 Å². The van der Waals surface area contributed by atoms with Crippen molar-refractivity contribution in [3.05, 3.63) is 58.7 Å². The fraction of sp³-hybridized carbons (Fsp3) is 0.542. The number of rotatable bonds is 5. The zero-order valence-electron chi connectivity index (χ0n) is 16.9. The SMILES string of the molecule is CC(C=CCC1(c2ccc3c(c2)C(C)(C)CCC3(C)C)CC1)=CC(=O)O. The second-order valence-corrected chi connectivity index (χ2v) is 9.64. The zero-order chi connectivity index (χ0) is 19.2. The van der Waals surface area contributed by atoms with Gasteiger partial charge in [-0.05, 0) is 77.5 Å². The predicted molar refractivity (Wildman–Crippen MR) is 108 cm³/mol. The molecule has 0 bridgehead atoms. The molecule has 0 aliphatic heterocycles. The monoisotopic (exact) mass is 352 g/mol. The Morgan fingerprint density at radius 3 is 2.23 bits per heavy atom. The molecule has 3 rings (SSSR count). The van der Waals surface area contributed by atoms with E-state index in [-0.39, 0.29) is 16.2 Å². The minimum Gasteiger partial charge on any atom is -0.478 e. The van der Waals surface area contributed by atoms with Gasteiger partial charge in [-0.25, -0.2) is 4.79 Å². The molecule has 2 aliphatic rings. The van der Waals surface area contributed by atoms with Crippen LogP contribution in [-0.4, -0.2) is 11.1 Å².